The van der Waals surface area contributed by atoms with Crippen molar-refractivity contribution in [1.82, 2.24) is 10.6 Å². The van der Waals surface area contributed by atoms with Crippen LogP contribution in [0.5, 0.6) is 0 Å². The molecule has 1 aliphatic heterocycles. The van der Waals surface area contributed by atoms with Crippen molar-refractivity contribution < 1.29 is 9.53 Å². The van der Waals surface area contributed by atoms with Crippen molar-refractivity contribution in [3.8, 4) is 6.07 Å². The normalized spacial score (nSPS) is 19.3. The molecule has 6 heteroatoms. The van der Waals surface area contributed by atoms with E-state index in [1.54, 1.807) is 0 Å². The highest BCUT2D eigenvalue weighted by Gasteiger charge is 2.23. The number of hydrogen-bond donors (Lipinski definition) is 2. The van der Waals surface area contributed by atoms with E-state index < -0.39 is 12.1 Å². The molecule has 0 saturated carbocycles. The molecular weight excluding hydrogens is 292 g/mol. The molecule has 1 heterocycles. The summed E-state index contributed by atoms with van der Waals surface area (Å²) in [6.45, 7) is 7.96. The van der Waals surface area contributed by atoms with Gasteiger partial charge in [0.05, 0.1) is 24.4 Å². The van der Waals surface area contributed by atoms with Crippen molar-refractivity contribution >= 4 is 6.09 Å². The molecule has 1 atom stereocenters. The summed E-state index contributed by atoms with van der Waals surface area (Å²) in [5, 5.41) is 14.9. The summed E-state index contributed by atoms with van der Waals surface area (Å²) in [4.78, 5) is 15.2. The summed E-state index contributed by atoms with van der Waals surface area (Å²) in [5.74, 6) is 0. The standard InChI is InChI=1S/C17H18N4O2/c1-19-15(11-18)16-14(9-5-6-10-20-16)21-17(22)23-12-13-7-3-2-4-8-13/h2-4,7-8,14,20H,5-6,9-10,12H2,(H,21,22)/b16-15+/t14-/m0/s1. The molecule has 1 saturated heterocycles. The average molecular weight is 310 g/mol. The Bertz CT molecular complexity index is 639. The second kappa shape index (κ2) is 8.45. The number of hydrogen-bond acceptors (Lipinski definition) is 4. The number of carbonyl (C=O) groups excluding carboxylic acids is 1. The van der Waals surface area contributed by atoms with E-state index in [4.69, 9.17) is 16.6 Å². The van der Waals surface area contributed by atoms with Gasteiger partial charge in [-0.15, -0.1) is 0 Å². The zero-order chi connectivity index (χ0) is 16.5. The van der Waals surface area contributed by atoms with Gasteiger partial charge in [-0.25, -0.2) is 14.9 Å². The average Bonchev–Trinajstić information content (AvgIpc) is 2.81. The van der Waals surface area contributed by atoms with Crippen molar-refractivity contribution in [2.45, 2.75) is 31.9 Å². The van der Waals surface area contributed by atoms with E-state index in [-0.39, 0.29) is 12.3 Å². The fourth-order valence-electron chi connectivity index (χ4n) is 2.41. The van der Waals surface area contributed by atoms with Gasteiger partial charge in [-0.3, -0.25) is 0 Å². The zero-order valence-electron chi connectivity index (χ0n) is 12.7. The van der Waals surface area contributed by atoms with Gasteiger partial charge in [0, 0.05) is 6.54 Å². The summed E-state index contributed by atoms with van der Waals surface area (Å²) in [5.41, 5.74) is 1.37. The van der Waals surface area contributed by atoms with E-state index in [0.717, 1.165) is 18.4 Å². The van der Waals surface area contributed by atoms with Crippen LogP contribution in [-0.4, -0.2) is 18.7 Å². The van der Waals surface area contributed by atoms with E-state index in [9.17, 15) is 4.79 Å². The van der Waals surface area contributed by atoms with E-state index >= 15 is 0 Å². The van der Waals surface area contributed by atoms with Gasteiger partial charge in [0.25, 0.3) is 5.70 Å². The maximum Gasteiger partial charge on any atom is 0.407 e. The lowest BCUT2D eigenvalue weighted by Crippen LogP contribution is -2.40. The van der Waals surface area contributed by atoms with E-state index in [1.807, 2.05) is 36.4 Å². The first-order chi connectivity index (χ1) is 11.2. The fourth-order valence-corrected chi connectivity index (χ4v) is 2.41. The summed E-state index contributed by atoms with van der Waals surface area (Å²) in [7, 11) is 0. The third-order valence-corrected chi connectivity index (χ3v) is 3.56. The van der Waals surface area contributed by atoms with Gasteiger partial charge in [-0.05, 0) is 24.8 Å². The van der Waals surface area contributed by atoms with Crippen LogP contribution in [0.4, 0.5) is 4.79 Å². The number of amides is 1. The lowest BCUT2D eigenvalue weighted by molar-refractivity contribution is 0.136. The van der Waals surface area contributed by atoms with Crippen LogP contribution in [0.15, 0.2) is 41.7 Å². The monoisotopic (exact) mass is 310 g/mol. The number of alkyl carbamates (subject to hydrolysis) is 1. The van der Waals surface area contributed by atoms with Gasteiger partial charge in [0.1, 0.15) is 6.61 Å². The Labute approximate surface area is 135 Å². The van der Waals surface area contributed by atoms with Crippen molar-refractivity contribution in [1.29, 1.82) is 5.26 Å². The largest absolute Gasteiger partial charge is 0.445 e. The number of rotatable bonds is 3. The molecule has 0 aromatic heterocycles. The van der Waals surface area contributed by atoms with Crippen LogP contribution in [-0.2, 0) is 11.3 Å². The maximum atomic E-state index is 12.0. The number of benzene rings is 1. The number of ether oxygens (including phenoxy) is 1. The van der Waals surface area contributed by atoms with Crippen molar-refractivity contribution in [2.75, 3.05) is 6.54 Å². The molecule has 1 aromatic rings. The third-order valence-electron chi connectivity index (χ3n) is 3.56. The predicted octanol–water partition coefficient (Wildman–Crippen LogP) is 2.71. The Morgan fingerprint density at radius 1 is 1.43 bits per heavy atom. The molecule has 23 heavy (non-hydrogen) atoms. The lowest BCUT2D eigenvalue weighted by atomic mass is 10.1. The minimum Gasteiger partial charge on any atom is -0.445 e. The molecular formula is C17H18N4O2. The predicted molar refractivity (Wildman–Crippen MR) is 84.6 cm³/mol. The summed E-state index contributed by atoms with van der Waals surface area (Å²) in [6.07, 6.45) is 1.94. The summed E-state index contributed by atoms with van der Waals surface area (Å²) in [6, 6.07) is 10.9. The third kappa shape index (κ3) is 4.76. The van der Waals surface area contributed by atoms with Crippen LogP contribution >= 0.6 is 0 Å². The van der Waals surface area contributed by atoms with Crippen LogP contribution in [0.3, 0.4) is 0 Å². The van der Waals surface area contributed by atoms with Gasteiger partial charge in [-0.1, -0.05) is 30.3 Å². The van der Waals surface area contributed by atoms with E-state index in [2.05, 4.69) is 15.5 Å². The van der Waals surface area contributed by atoms with E-state index in [0.29, 0.717) is 18.7 Å². The number of carbonyl (C=O) groups is 1. The highest BCUT2D eigenvalue weighted by atomic mass is 16.5. The first-order valence-corrected chi connectivity index (χ1v) is 7.47. The molecule has 118 valence electrons. The molecule has 1 aliphatic rings. The van der Waals surface area contributed by atoms with Gasteiger partial charge < -0.3 is 15.4 Å². The molecule has 0 radical (unpaired) electrons. The van der Waals surface area contributed by atoms with Crippen LogP contribution in [0.2, 0.25) is 0 Å². The zero-order valence-corrected chi connectivity index (χ0v) is 12.7. The van der Waals surface area contributed by atoms with Crippen LogP contribution in [0.25, 0.3) is 4.85 Å². The Balaban J connectivity index is 2.01. The SMILES string of the molecule is [C-]#[N+]/C(C#N)=C1/NCCCC[C@@H]1NC(=O)OCc1ccccc1. The molecule has 6 nitrogen and oxygen atoms in total. The molecule has 1 aromatic carbocycles. The first-order valence-electron chi connectivity index (χ1n) is 7.47. The van der Waals surface area contributed by atoms with Crippen molar-refractivity contribution in [3.63, 3.8) is 0 Å². The van der Waals surface area contributed by atoms with Gasteiger partial charge in [-0.2, -0.15) is 0 Å². The fraction of sp³-hybridized carbons (Fsp3) is 0.353. The summed E-state index contributed by atoms with van der Waals surface area (Å²) >= 11 is 0. The highest BCUT2D eigenvalue weighted by molar-refractivity contribution is 5.68. The number of nitrogens with one attached hydrogen (secondary N) is 2. The molecule has 1 amide bonds. The molecule has 0 aliphatic carbocycles. The lowest BCUT2D eigenvalue weighted by Gasteiger charge is -2.20. The van der Waals surface area contributed by atoms with Crippen LogP contribution < -0.4 is 10.6 Å². The summed E-state index contributed by atoms with van der Waals surface area (Å²) < 4.78 is 5.21. The molecule has 2 N–H and O–H groups in total. The van der Waals surface area contributed by atoms with Crippen LogP contribution in [0, 0.1) is 17.9 Å². The topological polar surface area (TPSA) is 78.5 Å². The van der Waals surface area contributed by atoms with Crippen molar-refractivity contribution in [3.05, 3.63) is 58.7 Å². The second-order valence-electron chi connectivity index (χ2n) is 5.17. The van der Waals surface area contributed by atoms with Crippen LogP contribution in [0.1, 0.15) is 24.8 Å². The Kier molecular flexibility index (Phi) is 6.02. The molecule has 0 bridgehead atoms. The van der Waals surface area contributed by atoms with Gasteiger partial charge in [0.15, 0.2) is 0 Å². The number of allylic oxidation sites excluding steroid dienone is 1. The maximum absolute atomic E-state index is 12.0. The number of nitrogens with zero attached hydrogens (tertiary/aromatic N) is 2. The van der Waals surface area contributed by atoms with Gasteiger partial charge >= 0.3 is 6.09 Å². The quantitative estimate of drug-likeness (QED) is 0.664. The van der Waals surface area contributed by atoms with Crippen molar-refractivity contribution in [2.24, 2.45) is 0 Å². The second-order valence-corrected chi connectivity index (χ2v) is 5.17. The van der Waals surface area contributed by atoms with Gasteiger partial charge in [0.2, 0.25) is 0 Å². The highest BCUT2D eigenvalue weighted by Crippen LogP contribution is 2.17. The minimum atomic E-state index is -0.553. The molecule has 2 rings (SSSR count). The number of nitriles is 1. The molecule has 0 unspecified atom stereocenters. The van der Waals surface area contributed by atoms with E-state index in [1.165, 1.54) is 0 Å². The minimum absolute atomic E-state index is 0.0136. The Morgan fingerprint density at radius 3 is 2.91 bits per heavy atom. The first kappa shape index (κ1) is 16.4. The Hall–Kier alpha value is -2.99. The Morgan fingerprint density at radius 2 is 2.22 bits per heavy atom. The molecule has 1 fully saturated rings. The molecule has 0 spiro atoms. The smallest absolute Gasteiger partial charge is 0.407 e.